The average molecular weight is 955 g/mol. The molecular formula is C46H54N10O9S2. The van der Waals surface area contributed by atoms with Gasteiger partial charge in [0.1, 0.15) is 38.5 Å². The number of benzene rings is 4. The zero-order valence-corrected chi connectivity index (χ0v) is 39.7. The SMILES string of the molecule is COc1ccc(CN(Cc2ccc(OC)cc2)S(=O)(=O)c2c(S(=O)(=O)NC[C@@]3(N)CCN(C(=O)OC(C)(C)C)C3)ccc(-c3ccc(N)nc3)c2-c2nnn(Cc3ccc(OC)cc3)n2)cc1. The van der Waals surface area contributed by atoms with Gasteiger partial charge >= 0.3 is 6.09 Å². The summed E-state index contributed by atoms with van der Waals surface area (Å²) in [7, 11) is -5.11. The second kappa shape index (κ2) is 19.7. The summed E-state index contributed by atoms with van der Waals surface area (Å²) in [5, 5.41) is 13.3. The molecule has 3 heterocycles. The summed E-state index contributed by atoms with van der Waals surface area (Å²) in [6.45, 7) is 4.77. The van der Waals surface area contributed by atoms with Crippen molar-refractivity contribution in [3.63, 3.8) is 0 Å². The molecular weight excluding hydrogens is 901 g/mol. The van der Waals surface area contributed by atoms with E-state index in [1.54, 1.807) is 94.6 Å². The van der Waals surface area contributed by atoms with Crippen molar-refractivity contribution in [2.75, 3.05) is 46.7 Å². The van der Waals surface area contributed by atoms with Crippen LogP contribution in [0.2, 0.25) is 0 Å². The van der Waals surface area contributed by atoms with Gasteiger partial charge in [0, 0.05) is 50.0 Å². The minimum absolute atomic E-state index is 0.0252. The van der Waals surface area contributed by atoms with E-state index in [-0.39, 0.29) is 68.5 Å². The molecule has 5 N–H and O–H groups in total. The van der Waals surface area contributed by atoms with E-state index in [4.69, 9.17) is 30.4 Å². The summed E-state index contributed by atoms with van der Waals surface area (Å²) in [6.07, 6.45) is 1.09. The summed E-state index contributed by atoms with van der Waals surface area (Å²) >= 11 is 0. The van der Waals surface area contributed by atoms with Crippen LogP contribution in [0.3, 0.4) is 0 Å². The van der Waals surface area contributed by atoms with Gasteiger partial charge in [-0.2, -0.15) is 9.10 Å². The predicted octanol–water partition coefficient (Wildman–Crippen LogP) is 5.07. The number of nitrogen functional groups attached to an aromatic ring is 1. The molecule has 1 aliphatic rings. The molecule has 1 atom stereocenters. The Labute approximate surface area is 390 Å². The van der Waals surface area contributed by atoms with Crippen LogP contribution in [0.5, 0.6) is 17.2 Å². The first-order valence-electron chi connectivity index (χ1n) is 21.1. The van der Waals surface area contributed by atoms with E-state index in [0.29, 0.717) is 33.9 Å². The third-order valence-corrected chi connectivity index (χ3v) is 14.4. The van der Waals surface area contributed by atoms with Crippen molar-refractivity contribution in [3.8, 4) is 39.8 Å². The second-order valence-corrected chi connectivity index (χ2v) is 20.7. The van der Waals surface area contributed by atoms with Gasteiger partial charge < -0.3 is 35.3 Å². The Morgan fingerprint density at radius 3 is 1.90 bits per heavy atom. The second-order valence-electron chi connectivity index (χ2n) is 17.1. The molecule has 6 aromatic rings. The Balaban J connectivity index is 1.41. The normalized spacial score (nSPS) is 15.4. The molecule has 7 rings (SSSR count). The van der Waals surface area contributed by atoms with Crippen LogP contribution in [0.25, 0.3) is 22.5 Å². The number of likely N-dealkylation sites (tertiary alicyclic amines) is 1. The number of nitrogens with one attached hydrogen (secondary N) is 1. The van der Waals surface area contributed by atoms with Crippen molar-refractivity contribution in [3.05, 3.63) is 120 Å². The molecule has 354 valence electrons. The van der Waals surface area contributed by atoms with Crippen LogP contribution in [-0.2, 0) is 44.4 Å². The van der Waals surface area contributed by atoms with Gasteiger partial charge in [0.25, 0.3) is 0 Å². The molecule has 0 aliphatic carbocycles. The molecule has 19 nitrogen and oxygen atoms in total. The number of methoxy groups -OCH3 is 3. The fourth-order valence-electron chi connectivity index (χ4n) is 7.43. The van der Waals surface area contributed by atoms with Gasteiger partial charge in [-0.1, -0.05) is 42.5 Å². The summed E-state index contributed by atoms with van der Waals surface area (Å²) in [5.41, 5.74) is 13.1. The Bertz CT molecular complexity index is 2860. The zero-order valence-electron chi connectivity index (χ0n) is 38.0. The van der Waals surface area contributed by atoms with Crippen LogP contribution in [-0.4, -0.2) is 109 Å². The van der Waals surface area contributed by atoms with Gasteiger partial charge in [-0.3, -0.25) is 0 Å². The highest BCUT2D eigenvalue weighted by Gasteiger charge is 2.42. The molecule has 1 aliphatic heterocycles. The Hall–Kier alpha value is -6.65. The molecule has 0 radical (unpaired) electrons. The Morgan fingerprint density at radius 2 is 1.37 bits per heavy atom. The van der Waals surface area contributed by atoms with Crippen LogP contribution in [0.1, 0.15) is 43.9 Å². The maximum absolute atomic E-state index is 16.0. The van der Waals surface area contributed by atoms with E-state index in [9.17, 15) is 13.2 Å². The van der Waals surface area contributed by atoms with Gasteiger partial charge in [-0.15, -0.1) is 10.2 Å². The van der Waals surface area contributed by atoms with Crippen molar-refractivity contribution in [1.29, 1.82) is 0 Å². The van der Waals surface area contributed by atoms with Gasteiger partial charge in [0.05, 0.1) is 33.4 Å². The van der Waals surface area contributed by atoms with E-state index in [1.165, 1.54) is 52.6 Å². The Kier molecular flexibility index (Phi) is 14.2. The smallest absolute Gasteiger partial charge is 0.410 e. The van der Waals surface area contributed by atoms with E-state index in [0.717, 1.165) is 5.56 Å². The van der Waals surface area contributed by atoms with Gasteiger partial charge in [0.2, 0.25) is 25.9 Å². The molecule has 2 aromatic heterocycles. The lowest BCUT2D eigenvalue weighted by Gasteiger charge is -2.28. The lowest BCUT2D eigenvalue weighted by molar-refractivity contribution is 0.0285. The fourth-order valence-corrected chi connectivity index (χ4v) is 11.0. The fraction of sp³-hybridized carbons (Fsp3) is 0.326. The number of nitrogens with zero attached hydrogens (tertiary/aromatic N) is 7. The highest BCUT2D eigenvalue weighted by Crippen LogP contribution is 2.41. The van der Waals surface area contributed by atoms with Crippen LogP contribution >= 0.6 is 0 Å². The molecule has 0 unspecified atom stereocenters. The van der Waals surface area contributed by atoms with Crippen molar-refractivity contribution in [2.24, 2.45) is 5.73 Å². The van der Waals surface area contributed by atoms with E-state index in [1.807, 2.05) is 12.1 Å². The number of anilines is 1. The number of aromatic nitrogens is 5. The molecule has 67 heavy (non-hydrogen) atoms. The first kappa shape index (κ1) is 48.3. The number of hydrogen-bond donors (Lipinski definition) is 3. The topological polar surface area (TPSA) is 249 Å². The molecule has 21 heteroatoms. The third kappa shape index (κ3) is 11.5. The van der Waals surface area contributed by atoms with Gasteiger partial charge in [-0.25, -0.2) is 31.3 Å². The van der Waals surface area contributed by atoms with Crippen LogP contribution in [0, 0.1) is 0 Å². The number of carbonyl (C=O) groups excluding carboxylic acids is 1. The van der Waals surface area contributed by atoms with Crippen molar-refractivity contribution in [1.82, 2.24) is 39.1 Å². The standard InChI is InChI=1S/C46H54N10O9S2/c1-45(2,3)65-44(57)54-24-23-46(48,30-54)29-50-66(58,59)39-21-20-38(34-13-22-40(47)49-25-34)41(43-51-53-56(52-43)28-33-11-18-37(64-6)19-12-33)42(39)67(60,61)55(26-31-7-14-35(62-4)15-8-31)27-32-9-16-36(63-5)17-10-32/h7-22,25,50H,23-24,26-30,48H2,1-6H3,(H2,47,49)/t46-/m0/s1. The predicted molar refractivity (Wildman–Crippen MR) is 250 cm³/mol. The van der Waals surface area contributed by atoms with Gasteiger partial charge in [-0.05, 0) is 109 Å². The molecule has 1 saturated heterocycles. The Morgan fingerprint density at radius 1 is 0.806 bits per heavy atom. The van der Waals surface area contributed by atoms with E-state index in [2.05, 4.69) is 25.1 Å². The molecule has 0 bridgehead atoms. The molecule has 1 fully saturated rings. The summed E-state index contributed by atoms with van der Waals surface area (Å²) in [6, 6.07) is 26.7. The van der Waals surface area contributed by atoms with Crippen molar-refractivity contribution >= 4 is 32.0 Å². The van der Waals surface area contributed by atoms with Crippen molar-refractivity contribution in [2.45, 2.75) is 67.8 Å². The first-order chi connectivity index (χ1) is 31.8. The number of amides is 1. The molecule has 0 saturated carbocycles. The third-order valence-electron chi connectivity index (χ3n) is 11.0. The van der Waals surface area contributed by atoms with Crippen molar-refractivity contribution < 1.29 is 40.6 Å². The summed E-state index contributed by atoms with van der Waals surface area (Å²) in [5.74, 6) is 1.75. The summed E-state index contributed by atoms with van der Waals surface area (Å²) in [4.78, 5) is 18.7. The monoisotopic (exact) mass is 954 g/mol. The maximum atomic E-state index is 16.0. The van der Waals surface area contributed by atoms with Gasteiger partial charge in [0.15, 0.2) is 0 Å². The number of sulfonamides is 2. The largest absolute Gasteiger partial charge is 0.497 e. The van der Waals surface area contributed by atoms with E-state index < -0.39 is 47.1 Å². The lowest BCUT2D eigenvalue weighted by atomic mass is 10.0. The average Bonchev–Trinajstić information content (AvgIpc) is 3.95. The summed E-state index contributed by atoms with van der Waals surface area (Å²) < 4.78 is 87.3. The van der Waals surface area contributed by atoms with E-state index >= 15 is 8.42 Å². The molecule has 1 amide bonds. The quantitative estimate of drug-likeness (QED) is 0.108. The number of hydrogen-bond acceptors (Lipinski definition) is 15. The molecule has 4 aromatic carbocycles. The number of nitrogens with two attached hydrogens (primary N) is 2. The van der Waals surface area contributed by atoms with Crippen LogP contribution in [0.15, 0.2) is 113 Å². The number of carbonyl (C=O) groups is 1. The highest BCUT2D eigenvalue weighted by atomic mass is 32.2. The number of pyridine rings is 1. The molecule has 0 spiro atoms. The number of rotatable bonds is 17. The minimum Gasteiger partial charge on any atom is -0.497 e. The first-order valence-corrected chi connectivity index (χ1v) is 24.0. The highest BCUT2D eigenvalue weighted by molar-refractivity contribution is 7.92. The lowest BCUT2D eigenvalue weighted by Crippen LogP contribution is -2.52. The van der Waals surface area contributed by atoms with Crippen LogP contribution < -0.4 is 30.4 Å². The minimum atomic E-state index is -4.93. The van der Waals surface area contributed by atoms with Crippen LogP contribution in [0.4, 0.5) is 10.6 Å². The maximum Gasteiger partial charge on any atom is 0.410 e. The number of tetrazole rings is 1. The number of ether oxygens (including phenoxy) is 4. The zero-order chi connectivity index (χ0) is 48.1.